The van der Waals surface area contributed by atoms with E-state index in [-0.39, 0.29) is 11.5 Å². The number of carbonyl (C=O) groups excluding carboxylic acids is 1. The Morgan fingerprint density at radius 1 is 1.18 bits per heavy atom. The molecule has 0 radical (unpaired) electrons. The largest absolute Gasteiger partial charge is 0.388 e. The maximum Gasteiger partial charge on any atom is 0.133 e. The van der Waals surface area contributed by atoms with Crippen LogP contribution in [0, 0.1) is 40.4 Å². The summed E-state index contributed by atoms with van der Waals surface area (Å²) in [5.74, 6) is 3.73. The molecule has 2 heteroatoms. The third-order valence-electron chi connectivity index (χ3n) is 8.32. The standard InChI is InChI=1S/C20H30O2/c1-12-10-13-11-14(21)6-8-19(13,2)16-7-9-20(3)15(18(12)16)4-5-17(20)22/h4-5,12-13,15-18,22H,6-11H2,1-3H3/t12?,13?,15-,16+,17?,18-,19-,20-/m0/s1. The van der Waals surface area contributed by atoms with E-state index in [1.54, 1.807) is 0 Å². The van der Waals surface area contributed by atoms with Gasteiger partial charge in [-0.05, 0) is 60.7 Å². The van der Waals surface area contributed by atoms with E-state index in [2.05, 4.69) is 32.9 Å². The summed E-state index contributed by atoms with van der Waals surface area (Å²) in [6, 6.07) is 0. The summed E-state index contributed by atoms with van der Waals surface area (Å²) in [5, 5.41) is 10.5. The molecule has 1 N–H and O–H groups in total. The first-order valence-corrected chi connectivity index (χ1v) is 9.24. The molecule has 0 spiro atoms. The molecular formula is C20H30O2. The molecule has 0 saturated heterocycles. The molecule has 0 heterocycles. The zero-order valence-corrected chi connectivity index (χ0v) is 14.2. The molecule has 8 atom stereocenters. The molecule has 3 saturated carbocycles. The fraction of sp³-hybridized carbons (Fsp3) is 0.850. The SMILES string of the molecule is CC1CC2CC(=O)CC[C@]2(C)[C@@H]2CC[C@]3(C)C(O)C=C[C@H]3[C@H]12. The number of allylic oxidation sites excluding steroid dienone is 1. The number of hydrogen-bond donors (Lipinski definition) is 1. The van der Waals surface area contributed by atoms with E-state index in [0.29, 0.717) is 34.9 Å². The van der Waals surface area contributed by atoms with Gasteiger partial charge in [0.25, 0.3) is 0 Å². The number of rotatable bonds is 0. The van der Waals surface area contributed by atoms with E-state index in [4.69, 9.17) is 0 Å². The average Bonchev–Trinajstić information content (AvgIpc) is 2.77. The predicted octanol–water partition coefficient (Wildman–Crippen LogP) is 3.98. The average molecular weight is 302 g/mol. The molecule has 4 rings (SSSR count). The van der Waals surface area contributed by atoms with Crippen LogP contribution in [0.2, 0.25) is 0 Å². The summed E-state index contributed by atoms with van der Waals surface area (Å²) in [4.78, 5) is 12.0. The van der Waals surface area contributed by atoms with Crippen molar-refractivity contribution < 1.29 is 9.90 Å². The van der Waals surface area contributed by atoms with Crippen LogP contribution in [0.15, 0.2) is 12.2 Å². The van der Waals surface area contributed by atoms with Gasteiger partial charge in [0, 0.05) is 18.3 Å². The Morgan fingerprint density at radius 2 is 1.95 bits per heavy atom. The van der Waals surface area contributed by atoms with Crippen LogP contribution in [0.3, 0.4) is 0 Å². The third-order valence-corrected chi connectivity index (χ3v) is 8.32. The van der Waals surface area contributed by atoms with Gasteiger partial charge < -0.3 is 5.11 Å². The molecule has 3 unspecified atom stereocenters. The lowest BCUT2D eigenvalue weighted by Crippen LogP contribution is -2.56. The smallest absolute Gasteiger partial charge is 0.133 e. The number of aliphatic hydroxyl groups excluding tert-OH is 1. The Labute approximate surface area is 134 Å². The fourth-order valence-corrected chi connectivity index (χ4v) is 6.84. The first-order chi connectivity index (χ1) is 10.4. The van der Waals surface area contributed by atoms with Gasteiger partial charge in [-0.1, -0.05) is 32.9 Å². The summed E-state index contributed by atoms with van der Waals surface area (Å²) < 4.78 is 0. The lowest BCUT2D eigenvalue weighted by atomic mass is 9.43. The lowest BCUT2D eigenvalue weighted by Gasteiger charge is -2.61. The van der Waals surface area contributed by atoms with Crippen LogP contribution in [0.4, 0.5) is 0 Å². The number of carbonyl (C=O) groups is 1. The lowest BCUT2D eigenvalue weighted by molar-refractivity contribution is -0.149. The predicted molar refractivity (Wildman–Crippen MR) is 87.2 cm³/mol. The summed E-state index contributed by atoms with van der Waals surface area (Å²) in [6.45, 7) is 7.18. The van der Waals surface area contributed by atoms with Gasteiger partial charge in [-0.3, -0.25) is 4.79 Å². The Kier molecular flexibility index (Phi) is 3.18. The van der Waals surface area contributed by atoms with Crippen LogP contribution in [0.5, 0.6) is 0 Å². The minimum Gasteiger partial charge on any atom is -0.388 e. The second-order valence-electron chi connectivity index (χ2n) is 9.24. The van der Waals surface area contributed by atoms with Gasteiger partial charge in [0.05, 0.1) is 6.10 Å². The normalized spacial score (nSPS) is 57.2. The van der Waals surface area contributed by atoms with Crippen LogP contribution < -0.4 is 0 Å². The fourth-order valence-electron chi connectivity index (χ4n) is 6.84. The Balaban J connectivity index is 1.70. The summed E-state index contributed by atoms with van der Waals surface area (Å²) in [5.41, 5.74) is 0.414. The van der Waals surface area contributed by atoms with Crippen molar-refractivity contribution in [3.05, 3.63) is 12.2 Å². The van der Waals surface area contributed by atoms with E-state index in [9.17, 15) is 9.90 Å². The van der Waals surface area contributed by atoms with Gasteiger partial charge in [0.2, 0.25) is 0 Å². The summed E-state index contributed by atoms with van der Waals surface area (Å²) in [6.07, 6.45) is 10.4. The van der Waals surface area contributed by atoms with Gasteiger partial charge >= 0.3 is 0 Å². The quantitative estimate of drug-likeness (QED) is 0.687. The maximum atomic E-state index is 12.0. The molecule has 3 fully saturated rings. The molecule has 0 aliphatic heterocycles. The first-order valence-electron chi connectivity index (χ1n) is 9.24. The Bertz CT molecular complexity index is 524. The Morgan fingerprint density at radius 3 is 2.73 bits per heavy atom. The monoisotopic (exact) mass is 302 g/mol. The molecule has 0 amide bonds. The van der Waals surface area contributed by atoms with Crippen molar-refractivity contribution in [2.75, 3.05) is 0 Å². The number of hydrogen-bond acceptors (Lipinski definition) is 2. The number of ketones is 1. The van der Waals surface area contributed by atoms with Crippen molar-refractivity contribution in [3.8, 4) is 0 Å². The van der Waals surface area contributed by atoms with Crippen molar-refractivity contribution in [1.29, 1.82) is 0 Å². The number of fused-ring (bicyclic) bond motifs is 5. The molecule has 4 aliphatic rings. The van der Waals surface area contributed by atoms with Crippen molar-refractivity contribution in [1.82, 2.24) is 0 Å². The molecule has 0 bridgehead atoms. The van der Waals surface area contributed by atoms with Crippen LogP contribution >= 0.6 is 0 Å². The molecular weight excluding hydrogens is 272 g/mol. The number of Topliss-reactive ketones (excluding diaryl/α,β-unsaturated/α-hetero) is 1. The van der Waals surface area contributed by atoms with E-state index in [1.165, 1.54) is 12.8 Å². The highest BCUT2D eigenvalue weighted by Crippen LogP contribution is 2.65. The molecule has 2 nitrogen and oxygen atoms in total. The van der Waals surface area contributed by atoms with Crippen LogP contribution in [0.25, 0.3) is 0 Å². The topological polar surface area (TPSA) is 37.3 Å². The zero-order valence-electron chi connectivity index (χ0n) is 14.2. The van der Waals surface area contributed by atoms with Gasteiger partial charge in [0.15, 0.2) is 0 Å². The molecule has 0 aromatic carbocycles. The molecule has 122 valence electrons. The van der Waals surface area contributed by atoms with Crippen LogP contribution in [0.1, 0.15) is 59.3 Å². The highest BCUT2D eigenvalue weighted by atomic mass is 16.3. The van der Waals surface area contributed by atoms with Crippen LogP contribution in [-0.4, -0.2) is 17.0 Å². The van der Waals surface area contributed by atoms with E-state index < -0.39 is 0 Å². The molecule has 0 aromatic heterocycles. The summed E-state index contributed by atoms with van der Waals surface area (Å²) in [7, 11) is 0. The Hall–Kier alpha value is -0.630. The molecule has 4 aliphatic carbocycles. The van der Waals surface area contributed by atoms with E-state index >= 15 is 0 Å². The van der Waals surface area contributed by atoms with Crippen molar-refractivity contribution in [3.63, 3.8) is 0 Å². The second-order valence-corrected chi connectivity index (χ2v) is 9.24. The second kappa shape index (κ2) is 4.69. The highest BCUT2D eigenvalue weighted by Gasteiger charge is 2.60. The third kappa shape index (κ3) is 1.79. The van der Waals surface area contributed by atoms with Crippen molar-refractivity contribution in [2.24, 2.45) is 40.4 Å². The van der Waals surface area contributed by atoms with Crippen LogP contribution in [-0.2, 0) is 4.79 Å². The van der Waals surface area contributed by atoms with Gasteiger partial charge in [0.1, 0.15) is 5.78 Å². The van der Waals surface area contributed by atoms with E-state index in [1.807, 2.05) is 0 Å². The molecule has 0 aromatic rings. The minimum absolute atomic E-state index is 0.0586. The highest BCUT2D eigenvalue weighted by molar-refractivity contribution is 5.79. The molecule has 22 heavy (non-hydrogen) atoms. The first kappa shape index (κ1) is 14.9. The van der Waals surface area contributed by atoms with Crippen molar-refractivity contribution in [2.45, 2.75) is 65.4 Å². The van der Waals surface area contributed by atoms with Gasteiger partial charge in [-0.15, -0.1) is 0 Å². The minimum atomic E-state index is -0.260. The van der Waals surface area contributed by atoms with Crippen molar-refractivity contribution >= 4 is 5.78 Å². The summed E-state index contributed by atoms with van der Waals surface area (Å²) >= 11 is 0. The maximum absolute atomic E-state index is 12.0. The van der Waals surface area contributed by atoms with Gasteiger partial charge in [-0.25, -0.2) is 0 Å². The zero-order chi connectivity index (χ0) is 15.7. The number of aliphatic hydroxyl groups is 1. The van der Waals surface area contributed by atoms with E-state index in [0.717, 1.165) is 31.6 Å². The van der Waals surface area contributed by atoms with Gasteiger partial charge in [-0.2, -0.15) is 0 Å².